The van der Waals surface area contributed by atoms with Crippen LogP contribution in [0.3, 0.4) is 0 Å². The largest absolute Gasteiger partial charge is 0.460 e. The van der Waals surface area contributed by atoms with E-state index in [1.807, 2.05) is 99.6 Å². The maximum atomic E-state index is 15.1. The van der Waals surface area contributed by atoms with E-state index in [0.29, 0.717) is 163 Å². The SMILES string of the molecule is CC(=O)c1c(-c2ccc[nH]c2=O)c2cc(C)c(F)cc2n1Cc1cc2cccnc2nc1Cl.CSc1ccc2cc(Cn3c(C(=O)OCCN(C)C)c(-c4ccc[nH]c4=O)c4cc(C)c(F)cc43)c(Cl)nc2c1.Cc1cc2c(-c3ccc[nH]c3=O)c(C(=O)OCCN(C)C)n(Cc3cc4[nH]cnc4cc3F)c2cc1F.Cc1cc2c(C3=CC=CCC3=O)c(C(=O)OCCN(C)C)n(Cc3cc4[nH]cnc4cc3F)c2cc1F. The normalized spacial score (nSPS) is 12.1. The van der Waals surface area contributed by atoms with Crippen LogP contribution in [0.15, 0.2) is 227 Å². The van der Waals surface area contributed by atoms with Gasteiger partial charge in [-0.3, -0.25) is 24.0 Å². The number of benzene rings is 7. The number of thioether (sulfide) groups is 1. The summed E-state index contributed by atoms with van der Waals surface area (Å²) < 4.78 is 113. The number of likely N-dealkylation sites (N-methyl/N-ethyl adjacent to an activating group) is 3. The number of halogens is 8. The summed E-state index contributed by atoms with van der Waals surface area (Å²) in [5.74, 6) is -5.26. The molecule has 1 aliphatic rings. The zero-order valence-corrected chi connectivity index (χ0v) is 84.0. The summed E-state index contributed by atoms with van der Waals surface area (Å²) >= 11 is 14.7. The molecule has 5 N–H and O–H groups in total. The van der Waals surface area contributed by atoms with E-state index in [1.54, 1.807) is 152 Å². The number of hydrogen-bond donors (Lipinski definition) is 5. The number of esters is 3. The maximum Gasteiger partial charge on any atom is 0.355 e. The Bertz CT molecular complexity index is 8770. The minimum absolute atomic E-state index is 0.0413. The van der Waals surface area contributed by atoms with Crippen molar-refractivity contribution in [3.63, 3.8) is 0 Å². The molecule has 0 bridgehead atoms. The first-order chi connectivity index (χ1) is 70.5. The average Bonchev–Trinajstić information content (AvgIpc) is 1.60. The standard InChI is InChI=1S/C30H28ClFN4O3S.C28H26F2N4O3.C27H25F2N5O3.C25H18ClFN4O2/c1-17-12-22-25(15-23(17)32)36(16-19-13-18-7-8-20(40-4)14-24(18)34-28(19)31)27(30(38)39-11-10-35(2)3)26(22)21-6-5-9-33-29(21)37;1-16-10-19-24(13-20(16)29)34(14-17-11-22-23(12-21(17)30)32-15-31-22)27(28(36)37-9-8-33(2)3)26(19)18-6-4-5-7-25(18)35;1-15-9-18-23(12-19(15)28)34(13-16-10-21-22(11-20(16)29)32-14-31-21)25(27(36)37-8-7-33(2)3)24(18)17-5-4-6-30-26(17)35;1-13-9-18-20(11-19(13)27)31(12-16-10-15-5-3-7-28-24(15)30-23(16)26)22(14(2)32)21(18)17-6-4-8-29-25(17)33/h5-9,12-15H,10-11,16H2,1-4H3,(H,33,37);4-6,10-13,15H,7-9,14H2,1-3H3,(H,31,32);4-6,9-12,14H,7-8,13H2,1-3H3,(H,30,35)(H,31,32);3-11H,12H2,1-2H3,(H,29,33). The Labute approximate surface area is 849 Å². The highest BCUT2D eigenvalue weighted by molar-refractivity contribution is 7.98. The zero-order chi connectivity index (χ0) is 104. The first-order valence-electron chi connectivity index (χ1n) is 46.5. The molecule has 0 fully saturated rings. The van der Waals surface area contributed by atoms with E-state index in [4.69, 9.17) is 37.4 Å². The lowest BCUT2D eigenvalue weighted by atomic mass is 9.93. The van der Waals surface area contributed by atoms with Crippen LogP contribution in [0.2, 0.25) is 10.3 Å². The minimum atomic E-state index is -0.697. The Morgan fingerprint density at radius 3 is 1.21 bits per heavy atom. The van der Waals surface area contributed by atoms with E-state index >= 15 is 8.78 Å². The second-order valence-corrected chi connectivity index (χ2v) is 37.8. The number of H-pyrrole nitrogens is 5. The average molecular weight is 2050 g/mol. The third-order valence-corrected chi connectivity index (χ3v) is 26.7. The van der Waals surface area contributed by atoms with Crippen LogP contribution in [0.25, 0.3) is 127 Å². The lowest BCUT2D eigenvalue weighted by Gasteiger charge is -2.15. The Morgan fingerprint density at radius 2 is 0.810 bits per heavy atom. The number of Topliss-reactive ketones (excluding diaryl/α,β-unsaturated/α-hetero) is 2. The van der Waals surface area contributed by atoms with Crippen LogP contribution in [-0.2, 0) is 45.2 Å². The van der Waals surface area contributed by atoms with Crippen molar-refractivity contribution in [2.75, 3.05) is 88.0 Å². The summed E-state index contributed by atoms with van der Waals surface area (Å²) in [6.45, 7) is 9.85. The van der Waals surface area contributed by atoms with Gasteiger partial charge >= 0.3 is 17.9 Å². The number of ether oxygens (including phenoxy) is 3. The molecule has 19 aromatic rings. The highest BCUT2D eigenvalue weighted by Crippen LogP contribution is 2.44. The van der Waals surface area contributed by atoms with Gasteiger partial charge in [0.2, 0.25) is 0 Å². The molecule has 147 heavy (non-hydrogen) atoms. The molecule has 0 radical (unpaired) electrons. The van der Waals surface area contributed by atoms with Crippen LogP contribution in [0.5, 0.6) is 0 Å². The van der Waals surface area contributed by atoms with Crippen LogP contribution in [0.4, 0.5) is 26.3 Å². The van der Waals surface area contributed by atoms with Crippen molar-refractivity contribution >= 4 is 158 Å². The number of allylic oxidation sites excluding steroid dienone is 4. The third-order valence-electron chi connectivity index (χ3n) is 25.3. The summed E-state index contributed by atoms with van der Waals surface area (Å²) in [5, 5.41) is 4.36. The van der Waals surface area contributed by atoms with Gasteiger partial charge < -0.3 is 72.1 Å². The fourth-order valence-corrected chi connectivity index (χ4v) is 18.8. The van der Waals surface area contributed by atoms with Crippen LogP contribution >= 0.6 is 35.0 Å². The Morgan fingerprint density at radius 1 is 0.422 bits per heavy atom. The molecule has 37 heteroatoms. The van der Waals surface area contributed by atoms with Gasteiger partial charge in [0, 0.05) is 174 Å². The summed E-state index contributed by atoms with van der Waals surface area (Å²) in [4.78, 5) is 147. The number of carbonyl (C=O) groups excluding carboxylic acids is 5. The van der Waals surface area contributed by atoms with Gasteiger partial charge in [0.15, 0.2) is 17.2 Å². The predicted molar refractivity (Wildman–Crippen MR) is 560 cm³/mol. The molecule has 0 saturated carbocycles. The zero-order valence-electron chi connectivity index (χ0n) is 81.7. The van der Waals surface area contributed by atoms with Gasteiger partial charge in [-0.05, 0) is 232 Å². The monoisotopic (exact) mass is 2050 g/mol. The Balaban J connectivity index is 0.000000134. The van der Waals surface area contributed by atoms with Crippen LogP contribution < -0.4 is 16.7 Å². The molecule has 0 saturated heterocycles. The van der Waals surface area contributed by atoms with E-state index in [9.17, 15) is 55.9 Å². The van der Waals surface area contributed by atoms with Crippen molar-refractivity contribution in [1.29, 1.82) is 0 Å². The smallest absolute Gasteiger partial charge is 0.355 e. The minimum Gasteiger partial charge on any atom is -0.460 e. The number of aromatic amines is 5. The summed E-state index contributed by atoms with van der Waals surface area (Å²) in [6, 6.07) is 41.0. The molecule has 20 rings (SSSR count). The van der Waals surface area contributed by atoms with Crippen molar-refractivity contribution in [2.45, 2.75) is 72.1 Å². The quantitative estimate of drug-likeness (QED) is 0.00839. The topological polar surface area (TPSA) is 337 Å². The lowest BCUT2D eigenvalue weighted by Crippen LogP contribution is -2.22. The van der Waals surface area contributed by atoms with Crippen LogP contribution in [0, 0.1) is 62.6 Å². The molecule has 0 atom stereocenters. The number of rotatable bonds is 26. The van der Waals surface area contributed by atoms with Gasteiger partial charge in [0.25, 0.3) is 16.7 Å². The van der Waals surface area contributed by atoms with Gasteiger partial charge in [-0.2, -0.15) is 0 Å². The van der Waals surface area contributed by atoms with Gasteiger partial charge in [-0.15, -0.1) is 11.8 Å². The molecule has 12 heterocycles. The van der Waals surface area contributed by atoms with Crippen molar-refractivity contribution in [3.8, 4) is 33.4 Å². The van der Waals surface area contributed by atoms with E-state index in [1.165, 1.54) is 83.7 Å². The lowest BCUT2D eigenvalue weighted by molar-refractivity contribution is -0.113. The van der Waals surface area contributed by atoms with Crippen molar-refractivity contribution in [3.05, 3.63) is 356 Å². The highest BCUT2D eigenvalue weighted by atomic mass is 35.5. The second kappa shape index (κ2) is 43.6. The molecule has 750 valence electrons. The predicted octanol–water partition coefficient (Wildman–Crippen LogP) is 20.4. The second-order valence-electron chi connectivity index (χ2n) is 36.2. The van der Waals surface area contributed by atoms with Gasteiger partial charge in [0.05, 0.1) is 94.2 Å². The number of pyridine rings is 6. The van der Waals surface area contributed by atoms with Crippen molar-refractivity contribution in [1.82, 2.24) is 82.8 Å². The molecule has 0 aliphatic heterocycles. The number of ketones is 2. The number of carbonyl (C=O) groups is 5. The molecule has 0 spiro atoms. The third kappa shape index (κ3) is 21.4. The van der Waals surface area contributed by atoms with E-state index in [0.717, 1.165) is 21.2 Å². The number of nitrogens with zero attached hydrogens (tertiary/aromatic N) is 12. The van der Waals surface area contributed by atoms with Crippen molar-refractivity contribution < 1.29 is 64.5 Å². The number of fused-ring (bicyclic) bond motifs is 8. The first kappa shape index (κ1) is 103. The summed E-state index contributed by atoms with van der Waals surface area (Å²) in [6.07, 6.45) is 16.4. The Kier molecular flexibility index (Phi) is 30.4. The molecular weight excluding hydrogens is 1950 g/mol. The maximum absolute atomic E-state index is 15.1. The summed E-state index contributed by atoms with van der Waals surface area (Å²) in [5.41, 5.74) is 10.5. The van der Waals surface area contributed by atoms with Crippen LogP contribution in [0.1, 0.15) is 105 Å². The fraction of sp³-hybridized carbons (Fsp3) is 0.209. The van der Waals surface area contributed by atoms with Gasteiger partial charge in [-0.25, -0.2) is 65.6 Å². The van der Waals surface area contributed by atoms with Crippen molar-refractivity contribution in [2.24, 2.45) is 0 Å². The molecule has 1 aliphatic carbocycles. The van der Waals surface area contributed by atoms with Gasteiger partial charge in [0.1, 0.15) is 82.1 Å². The first-order valence-corrected chi connectivity index (χ1v) is 48.5. The summed E-state index contributed by atoms with van der Waals surface area (Å²) in [7, 11) is 11.2. The molecule has 7 aromatic carbocycles. The van der Waals surface area contributed by atoms with Gasteiger partial charge in [-0.1, -0.05) is 47.5 Å². The number of aromatic nitrogens is 14. The Hall–Kier alpha value is -15.9. The van der Waals surface area contributed by atoms with E-state index < -0.39 is 58.4 Å². The number of aryl methyl sites for hydroxylation is 4. The van der Waals surface area contributed by atoms with E-state index in [-0.39, 0.29) is 125 Å². The molecular formula is C110H97Cl2F6N17O11S. The van der Waals surface area contributed by atoms with E-state index in [2.05, 4.69) is 49.8 Å². The molecule has 12 aromatic heterocycles. The highest BCUT2D eigenvalue weighted by Gasteiger charge is 2.35. The molecule has 0 unspecified atom stereocenters. The molecule has 28 nitrogen and oxygen atoms in total. The van der Waals surface area contributed by atoms with Crippen LogP contribution in [-0.4, -0.2) is 200 Å². The number of imidazole rings is 2. The number of hydrogen-bond acceptors (Lipinski definition) is 20. The fourth-order valence-electron chi connectivity index (χ4n) is 17.9. The number of nitrogens with one attached hydrogen (secondary N) is 5. The molecule has 0 amide bonds.